The van der Waals surface area contributed by atoms with Crippen LogP contribution in [0.5, 0.6) is 0 Å². The monoisotopic (exact) mass is 1600 g/mol. The molecule has 2 bridgehead atoms. The summed E-state index contributed by atoms with van der Waals surface area (Å²) in [4.78, 5) is 12.0. The van der Waals surface area contributed by atoms with Crippen LogP contribution < -0.4 is 0 Å². The number of allylic oxidation sites excluding steroid dienone is 4. The minimum absolute atomic E-state index is 0.0196. The SMILES string of the molecule is CC.CC.CC.CC12CCC(C)(CC1)CC2.CC1=CCC(C)CC1.CC1=CCC(C)CC1.CC1CCC(C)CC1.CC1CCC(C)OC1.CC1CCC(C)OC1.CC1COC(C)OC1.Cc1c(C)c(C)c(C)c(C)c1C.Cc1ccc(C)nc1.Cc1ccc2c(c1)CCC(C)C2.Cc1ccc2cc(C)ccc2c1.Cc1cnc(C)nc1. The summed E-state index contributed by atoms with van der Waals surface area (Å²) in [5.41, 5.74) is 24.1. The third-order valence-corrected chi connectivity index (χ3v) is 25.1. The Labute approximate surface area is 719 Å². The number of pyridine rings is 1. The summed E-state index contributed by atoms with van der Waals surface area (Å²) in [6.07, 6.45) is 43.4. The summed E-state index contributed by atoms with van der Waals surface area (Å²) in [7, 11) is 0. The Hall–Kier alpha value is -5.31. The van der Waals surface area contributed by atoms with E-state index in [1.807, 2.05) is 101 Å². The molecule has 6 aromatic rings. The average Bonchev–Trinajstić information content (AvgIpc) is 0.786. The van der Waals surface area contributed by atoms with Gasteiger partial charge >= 0.3 is 0 Å². The van der Waals surface area contributed by atoms with Gasteiger partial charge in [-0.2, -0.15) is 0 Å². The zero-order valence-electron chi connectivity index (χ0n) is 82.2. The van der Waals surface area contributed by atoms with Gasteiger partial charge in [-0.25, -0.2) is 9.97 Å². The summed E-state index contributed by atoms with van der Waals surface area (Å²) in [6, 6.07) is 24.1. The molecule has 2 aromatic heterocycles. The van der Waals surface area contributed by atoms with E-state index in [0.717, 1.165) is 95.8 Å². The third-order valence-electron chi connectivity index (χ3n) is 25.1. The summed E-state index contributed by atoms with van der Waals surface area (Å²) in [5.74, 6) is 7.81. The van der Waals surface area contributed by atoms with Gasteiger partial charge in [0, 0.05) is 43.4 Å². The largest absolute Gasteiger partial charge is 0.378 e. The van der Waals surface area contributed by atoms with Gasteiger partial charge in [0.2, 0.25) is 0 Å². The Kier molecular flexibility index (Phi) is 56.4. The second-order valence-electron chi connectivity index (χ2n) is 37.3. The van der Waals surface area contributed by atoms with E-state index >= 15 is 0 Å². The highest BCUT2D eigenvalue weighted by molar-refractivity contribution is 5.83. The van der Waals surface area contributed by atoms with Gasteiger partial charge in [-0.15, -0.1) is 0 Å². The molecule has 7 nitrogen and oxygen atoms in total. The summed E-state index contributed by atoms with van der Waals surface area (Å²) < 4.78 is 21.1. The first-order valence-electron chi connectivity index (χ1n) is 46.9. The van der Waals surface area contributed by atoms with Gasteiger partial charge in [-0.05, 0) is 371 Å². The molecular weight excluding hydrogens is 1420 g/mol. The van der Waals surface area contributed by atoms with Crippen LogP contribution in [-0.2, 0) is 31.8 Å². The van der Waals surface area contributed by atoms with E-state index in [1.54, 1.807) is 22.3 Å². The first kappa shape index (κ1) is 109. The van der Waals surface area contributed by atoms with Crippen LogP contribution >= 0.6 is 0 Å². The van der Waals surface area contributed by atoms with Crippen molar-refractivity contribution in [2.45, 2.75) is 402 Å². The molecule has 0 radical (unpaired) electrons. The van der Waals surface area contributed by atoms with Crippen LogP contribution in [0.25, 0.3) is 10.8 Å². The minimum atomic E-state index is 0.0196. The molecule has 7 fully saturated rings. The Morgan fingerprint density at radius 2 is 0.638 bits per heavy atom. The maximum atomic E-state index is 5.39. The quantitative estimate of drug-likeness (QED) is 0.140. The molecule has 3 saturated heterocycles. The van der Waals surface area contributed by atoms with Crippen molar-refractivity contribution in [2.75, 3.05) is 26.4 Å². The number of hydrogen-bond acceptors (Lipinski definition) is 7. The Morgan fingerprint density at radius 1 is 0.302 bits per heavy atom. The number of aromatic nitrogens is 3. The van der Waals surface area contributed by atoms with Crippen LogP contribution in [0.4, 0.5) is 0 Å². The molecule has 3 aliphatic heterocycles. The van der Waals surface area contributed by atoms with Gasteiger partial charge in [0.1, 0.15) is 5.82 Å². The number of rotatable bonds is 0. The lowest BCUT2D eigenvalue weighted by Crippen LogP contribution is -2.37. The van der Waals surface area contributed by atoms with E-state index in [1.165, 1.54) is 214 Å². The normalized spacial score (nSPS) is 25.6. The van der Waals surface area contributed by atoms with E-state index in [2.05, 4.69) is 247 Å². The van der Waals surface area contributed by atoms with Crippen molar-refractivity contribution in [3.8, 4) is 0 Å². The molecule has 7 aliphatic carbocycles. The Bertz CT molecular complexity index is 3150. The molecule has 0 N–H and O–H groups in total. The number of hydrogen-bond donors (Lipinski definition) is 0. The van der Waals surface area contributed by atoms with E-state index in [4.69, 9.17) is 18.9 Å². The highest BCUT2D eigenvalue weighted by Crippen LogP contribution is 2.56. The molecule has 7 unspecified atom stereocenters. The van der Waals surface area contributed by atoms with Crippen molar-refractivity contribution in [1.82, 2.24) is 15.0 Å². The minimum Gasteiger partial charge on any atom is -0.378 e. The third kappa shape index (κ3) is 47.0. The molecule has 4 aromatic carbocycles. The zero-order valence-corrected chi connectivity index (χ0v) is 82.2. The number of ether oxygens (including phenoxy) is 4. The smallest absolute Gasteiger partial charge is 0.154 e. The maximum Gasteiger partial charge on any atom is 0.154 e. The lowest BCUT2D eigenvalue weighted by atomic mass is 9.55. The van der Waals surface area contributed by atoms with Gasteiger partial charge in [-0.1, -0.05) is 237 Å². The second-order valence-corrected chi connectivity index (χ2v) is 37.3. The first-order chi connectivity index (χ1) is 54.9. The highest BCUT2D eigenvalue weighted by Gasteiger charge is 2.43. The van der Waals surface area contributed by atoms with E-state index in [0.29, 0.717) is 18.1 Å². The van der Waals surface area contributed by atoms with Crippen LogP contribution in [0.1, 0.15) is 364 Å². The molecule has 7 atom stereocenters. The van der Waals surface area contributed by atoms with E-state index < -0.39 is 0 Å². The first-order valence-corrected chi connectivity index (χ1v) is 46.9. The molecule has 16 rings (SSSR count). The molecule has 10 aliphatic rings. The van der Waals surface area contributed by atoms with Crippen molar-refractivity contribution in [3.05, 3.63) is 192 Å². The van der Waals surface area contributed by atoms with Crippen molar-refractivity contribution in [1.29, 1.82) is 0 Å². The van der Waals surface area contributed by atoms with Gasteiger partial charge < -0.3 is 18.9 Å². The van der Waals surface area contributed by atoms with Gasteiger partial charge in [0.15, 0.2) is 6.29 Å². The molecule has 0 amide bonds. The topological polar surface area (TPSA) is 75.6 Å². The summed E-state index contributed by atoms with van der Waals surface area (Å²) in [6.45, 7) is 77.2. The van der Waals surface area contributed by atoms with Crippen molar-refractivity contribution < 1.29 is 18.9 Å². The summed E-state index contributed by atoms with van der Waals surface area (Å²) >= 11 is 0. The van der Waals surface area contributed by atoms with Crippen LogP contribution in [-0.4, -0.2) is 59.9 Å². The number of benzene rings is 4. The van der Waals surface area contributed by atoms with E-state index in [9.17, 15) is 0 Å². The van der Waals surface area contributed by atoms with Gasteiger partial charge in [0.05, 0.1) is 25.4 Å². The Balaban J connectivity index is 0.000000631. The van der Waals surface area contributed by atoms with Crippen LogP contribution in [0.15, 0.2) is 109 Å². The predicted octanol–water partition coefficient (Wildman–Crippen LogP) is 32.3. The van der Waals surface area contributed by atoms with Crippen molar-refractivity contribution >= 4 is 10.8 Å². The molecule has 5 heterocycles. The second kappa shape index (κ2) is 60.2. The fourth-order valence-corrected chi connectivity index (χ4v) is 15.1. The standard InChI is InChI=1S/C12H16.C12H12.C12H18.C10H18.C8H16.2C8H14.C7H9N.2C7H14O.C6H8N2.C6H12O2.3C2H6/c2*1-9-3-5-12-8-10(2)4-6-11(12)7-9;1-7-8(2)10(4)12(6)11(5)9(7)3;1-9-3-6-10(2,7-4-9)8-5-9;3*1-7-3-5-8(2)6-4-7;3*1-6-3-4-7(2)8-5-6;2*1-5-3-7-6(2)8-4-5;3*1-2/h3,5,7,10H,4,6,8H2,1-2H3;3-8H,1-2H3;1-6H3;3-8H2,1-2H3;7-8H,3-6H2,1-2H3;2*3,8H,4-6H2,1-2H3;3-5H,1-2H3;2*6-7H,3-5H2,1-2H3;3-4H,1-2H3;5-6H,3-4H2,1-2H3;3*1-2H3. The van der Waals surface area contributed by atoms with Crippen LogP contribution in [0.3, 0.4) is 0 Å². The molecular formula is C109H183N3O4. The van der Waals surface area contributed by atoms with Crippen molar-refractivity contribution in [2.24, 2.45) is 58.2 Å². The molecule has 0 spiro atoms. The lowest BCUT2D eigenvalue weighted by Gasteiger charge is -2.50. The van der Waals surface area contributed by atoms with Crippen LogP contribution in [0.2, 0.25) is 0 Å². The zero-order chi connectivity index (χ0) is 87.7. The number of aryl methyl sites for hydroxylation is 8. The fourth-order valence-electron chi connectivity index (χ4n) is 15.1. The van der Waals surface area contributed by atoms with Crippen LogP contribution in [0, 0.1) is 148 Å². The molecule has 658 valence electrons. The Morgan fingerprint density at radius 3 is 0.940 bits per heavy atom. The van der Waals surface area contributed by atoms with Gasteiger partial charge in [-0.3, -0.25) is 4.98 Å². The predicted molar refractivity (Wildman–Crippen MR) is 512 cm³/mol. The summed E-state index contributed by atoms with van der Waals surface area (Å²) in [5, 5.41) is 2.67. The number of fused-ring (bicyclic) bond motifs is 5. The van der Waals surface area contributed by atoms with Crippen molar-refractivity contribution in [3.63, 3.8) is 0 Å². The maximum absolute atomic E-state index is 5.39. The molecule has 116 heavy (non-hydrogen) atoms. The number of nitrogens with zero attached hydrogens (tertiary/aromatic N) is 3. The average molecular weight is 1600 g/mol. The lowest BCUT2D eigenvalue weighted by molar-refractivity contribution is -0.187. The fraction of sp³-hybridized carbons (Fsp3) is 0.679. The molecule has 4 saturated carbocycles. The molecule has 7 heteroatoms. The van der Waals surface area contributed by atoms with E-state index in [-0.39, 0.29) is 6.29 Å². The highest BCUT2D eigenvalue weighted by atomic mass is 16.7. The van der Waals surface area contributed by atoms with Gasteiger partial charge in [0.25, 0.3) is 0 Å².